The molecule has 2 fully saturated rings. The second kappa shape index (κ2) is 9.88. The van der Waals surface area contributed by atoms with E-state index in [0.29, 0.717) is 12.1 Å². The number of benzene rings is 1. The molecule has 2 atom stereocenters. The zero-order valence-electron chi connectivity index (χ0n) is 16.0. The summed E-state index contributed by atoms with van der Waals surface area (Å²) in [6, 6.07) is 8.48. The van der Waals surface area contributed by atoms with Gasteiger partial charge in [-0.05, 0) is 51.7 Å². The van der Waals surface area contributed by atoms with Gasteiger partial charge in [0.05, 0.1) is 0 Å². The van der Waals surface area contributed by atoms with Crippen LogP contribution in [0.5, 0.6) is 0 Å². The maximum absolute atomic E-state index is 13.9. The fourth-order valence-electron chi connectivity index (χ4n) is 3.69. The molecule has 1 aliphatic carbocycles. The van der Waals surface area contributed by atoms with E-state index in [-0.39, 0.29) is 41.8 Å². The molecule has 1 saturated heterocycles. The largest absolute Gasteiger partial charge is 0.354 e. The van der Waals surface area contributed by atoms with Crippen molar-refractivity contribution in [2.75, 3.05) is 19.6 Å². The van der Waals surface area contributed by atoms with Gasteiger partial charge in [-0.2, -0.15) is 0 Å². The van der Waals surface area contributed by atoms with Crippen molar-refractivity contribution >= 4 is 29.9 Å². The predicted octanol–water partition coefficient (Wildman–Crippen LogP) is 3.73. The minimum atomic E-state index is -0.0974. The van der Waals surface area contributed by atoms with Crippen LogP contribution in [0.2, 0.25) is 0 Å². The molecule has 26 heavy (non-hydrogen) atoms. The van der Waals surface area contributed by atoms with E-state index < -0.39 is 0 Å². The Morgan fingerprint density at radius 3 is 2.54 bits per heavy atom. The molecule has 1 aromatic carbocycles. The average molecular weight is 474 g/mol. The van der Waals surface area contributed by atoms with Crippen LogP contribution in [0, 0.1) is 5.82 Å². The van der Waals surface area contributed by atoms with Gasteiger partial charge in [0.25, 0.3) is 0 Å². The predicted molar refractivity (Wildman–Crippen MR) is 117 cm³/mol. The zero-order valence-corrected chi connectivity index (χ0v) is 18.4. The summed E-state index contributed by atoms with van der Waals surface area (Å²) in [5.41, 5.74) is 0.820. The van der Waals surface area contributed by atoms with E-state index >= 15 is 0 Å². The normalized spacial score (nSPS) is 24.3. The average Bonchev–Trinajstić information content (AvgIpc) is 3.35. The lowest BCUT2D eigenvalue weighted by Crippen LogP contribution is -2.50. The quantitative estimate of drug-likeness (QED) is 0.388. The van der Waals surface area contributed by atoms with Crippen molar-refractivity contribution in [2.45, 2.75) is 64.1 Å². The molecule has 1 aromatic rings. The molecule has 6 heteroatoms. The van der Waals surface area contributed by atoms with Crippen LogP contribution in [0.15, 0.2) is 29.3 Å². The topological polar surface area (TPSA) is 39.7 Å². The van der Waals surface area contributed by atoms with Crippen LogP contribution < -0.4 is 10.6 Å². The minimum absolute atomic E-state index is 0. The van der Waals surface area contributed by atoms with E-state index in [1.807, 2.05) is 19.1 Å². The molecule has 2 aliphatic rings. The van der Waals surface area contributed by atoms with Gasteiger partial charge in [-0.25, -0.2) is 4.39 Å². The number of halogens is 2. The Balaban J connectivity index is 0.00000243. The second-order valence-electron chi connectivity index (χ2n) is 7.49. The fraction of sp³-hybridized carbons (Fsp3) is 0.650. The molecule has 2 N–H and O–H groups in total. The fourth-order valence-corrected chi connectivity index (χ4v) is 3.69. The maximum Gasteiger partial charge on any atom is 0.191 e. The third kappa shape index (κ3) is 5.55. The number of piperidine rings is 1. The van der Waals surface area contributed by atoms with Crippen LogP contribution in [0.1, 0.15) is 51.5 Å². The number of nitrogens with zero attached hydrogens (tertiary/aromatic N) is 2. The number of guanidine groups is 1. The molecule has 3 rings (SSSR count). The van der Waals surface area contributed by atoms with Crippen LogP contribution in [0.3, 0.4) is 0 Å². The van der Waals surface area contributed by atoms with Crippen molar-refractivity contribution in [3.63, 3.8) is 0 Å². The van der Waals surface area contributed by atoms with Gasteiger partial charge < -0.3 is 15.5 Å². The number of likely N-dealkylation sites (tertiary alicyclic amines) is 1. The summed E-state index contributed by atoms with van der Waals surface area (Å²) < 4.78 is 13.9. The van der Waals surface area contributed by atoms with Gasteiger partial charge in [-0.15, -0.1) is 24.0 Å². The summed E-state index contributed by atoms with van der Waals surface area (Å²) in [6.07, 6.45) is 3.26. The van der Waals surface area contributed by atoms with E-state index in [0.717, 1.165) is 50.4 Å². The first-order valence-corrected chi connectivity index (χ1v) is 9.64. The highest BCUT2D eigenvalue weighted by Crippen LogP contribution is 2.41. The molecular weight excluding hydrogens is 442 g/mol. The Kier molecular flexibility index (Phi) is 8.13. The first-order chi connectivity index (χ1) is 12.1. The summed E-state index contributed by atoms with van der Waals surface area (Å²) in [4.78, 5) is 7.12. The van der Waals surface area contributed by atoms with E-state index in [1.165, 1.54) is 0 Å². The molecule has 1 saturated carbocycles. The van der Waals surface area contributed by atoms with Crippen molar-refractivity contribution in [1.82, 2.24) is 15.5 Å². The first-order valence-electron chi connectivity index (χ1n) is 9.64. The molecule has 0 amide bonds. The highest BCUT2D eigenvalue weighted by molar-refractivity contribution is 14.0. The lowest BCUT2D eigenvalue weighted by Gasteiger charge is -2.35. The molecule has 1 heterocycles. The lowest BCUT2D eigenvalue weighted by atomic mass is 10.0. The van der Waals surface area contributed by atoms with Gasteiger partial charge in [-0.1, -0.05) is 18.2 Å². The smallest absolute Gasteiger partial charge is 0.191 e. The number of nitrogens with one attached hydrogen (secondary N) is 2. The van der Waals surface area contributed by atoms with Gasteiger partial charge in [0.2, 0.25) is 0 Å². The van der Waals surface area contributed by atoms with Crippen molar-refractivity contribution in [2.24, 2.45) is 4.99 Å². The summed E-state index contributed by atoms with van der Waals surface area (Å²) in [5.74, 6) is 1.04. The number of rotatable bonds is 5. The number of hydrogen-bond acceptors (Lipinski definition) is 2. The summed E-state index contributed by atoms with van der Waals surface area (Å²) >= 11 is 0. The Hall–Kier alpha value is -0.890. The Labute approximate surface area is 174 Å². The maximum atomic E-state index is 13.9. The van der Waals surface area contributed by atoms with Crippen LogP contribution in [0.4, 0.5) is 4.39 Å². The standard InChI is InChI=1S/C20H31FN4.HI/c1-4-22-20(23-15-9-11-25(12-10-15)14(2)3)24-19-13-17(19)16-7-5-6-8-18(16)21;/h5-8,14-15,17,19H,4,9-13H2,1-3H3,(H2,22,23,24);1H. The van der Waals surface area contributed by atoms with Gasteiger partial charge in [-0.3, -0.25) is 4.99 Å². The van der Waals surface area contributed by atoms with E-state index in [2.05, 4.69) is 34.4 Å². The molecule has 0 spiro atoms. The summed E-state index contributed by atoms with van der Waals surface area (Å²) in [6.45, 7) is 9.58. The van der Waals surface area contributed by atoms with Crippen molar-refractivity contribution in [1.29, 1.82) is 0 Å². The molecular formula is C20H32FIN4. The molecule has 0 aromatic heterocycles. The van der Waals surface area contributed by atoms with Crippen LogP contribution in [-0.4, -0.2) is 48.6 Å². The third-order valence-electron chi connectivity index (χ3n) is 5.33. The summed E-state index contributed by atoms with van der Waals surface area (Å²) in [5, 5.41) is 7.10. The van der Waals surface area contributed by atoms with Crippen LogP contribution >= 0.6 is 24.0 Å². The molecule has 0 bridgehead atoms. The summed E-state index contributed by atoms with van der Waals surface area (Å²) in [7, 11) is 0. The second-order valence-corrected chi connectivity index (χ2v) is 7.49. The van der Waals surface area contributed by atoms with E-state index in [1.54, 1.807) is 12.1 Å². The van der Waals surface area contributed by atoms with Crippen molar-refractivity contribution < 1.29 is 4.39 Å². The van der Waals surface area contributed by atoms with Gasteiger partial charge >= 0.3 is 0 Å². The molecule has 1 aliphatic heterocycles. The van der Waals surface area contributed by atoms with E-state index in [9.17, 15) is 4.39 Å². The number of aliphatic imine (C=N–C) groups is 1. The highest BCUT2D eigenvalue weighted by Gasteiger charge is 2.40. The highest BCUT2D eigenvalue weighted by atomic mass is 127. The van der Waals surface area contributed by atoms with Crippen LogP contribution in [-0.2, 0) is 0 Å². The SMILES string of the molecule is CCN=C(NC1CCN(C(C)C)CC1)NC1CC1c1ccccc1F.I. The van der Waals surface area contributed by atoms with Gasteiger partial charge in [0.1, 0.15) is 5.82 Å². The Morgan fingerprint density at radius 2 is 1.92 bits per heavy atom. The molecule has 0 radical (unpaired) electrons. The van der Waals surface area contributed by atoms with E-state index in [4.69, 9.17) is 0 Å². The van der Waals surface area contributed by atoms with Gasteiger partial charge in [0, 0.05) is 43.7 Å². The lowest BCUT2D eigenvalue weighted by molar-refractivity contribution is 0.167. The van der Waals surface area contributed by atoms with Crippen molar-refractivity contribution in [3.8, 4) is 0 Å². The number of hydrogen-bond donors (Lipinski definition) is 2. The van der Waals surface area contributed by atoms with Gasteiger partial charge in [0.15, 0.2) is 5.96 Å². The minimum Gasteiger partial charge on any atom is -0.354 e. The van der Waals surface area contributed by atoms with Crippen LogP contribution in [0.25, 0.3) is 0 Å². The molecule has 4 nitrogen and oxygen atoms in total. The first kappa shape index (κ1) is 21.4. The molecule has 2 unspecified atom stereocenters. The zero-order chi connectivity index (χ0) is 17.8. The Morgan fingerprint density at radius 1 is 1.23 bits per heavy atom. The molecule has 146 valence electrons. The Bertz CT molecular complexity index is 599. The third-order valence-corrected chi connectivity index (χ3v) is 5.33. The van der Waals surface area contributed by atoms with Crippen molar-refractivity contribution in [3.05, 3.63) is 35.6 Å². The monoisotopic (exact) mass is 474 g/mol.